The highest BCUT2D eigenvalue weighted by molar-refractivity contribution is 6.07. The Labute approximate surface area is 133 Å². The van der Waals surface area contributed by atoms with Gasteiger partial charge in [-0.25, -0.2) is 4.98 Å². The molecule has 6 heteroatoms. The van der Waals surface area contributed by atoms with Crippen LogP contribution in [-0.4, -0.2) is 30.6 Å². The maximum Gasteiger partial charge on any atom is 0.215 e. The van der Waals surface area contributed by atoms with Crippen LogP contribution in [0.25, 0.3) is 5.76 Å². The monoisotopic (exact) mass is 308 g/mol. The molecule has 0 atom stereocenters. The van der Waals surface area contributed by atoms with Crippen molar-refractivity contribution < 1.29 is 9.90 Å². The SMILES string of the molecule is Cc1ccc(Cn2ccc(C(=O)C=C(O)c3nc[nH]n3)c2)cc1. The Balaban J connectivity index is 1.72. The van der Waals surface area contributed by atoms with Crippen LogP contribution >= 0.6 is 0 Å². The third-order valence-electron chi connectivity index (χ3n) is 3.43. The summed E-state index contributed by atoms with van der Waals surface area (Å²) in [5.74, 6) is -0.463. The molecule has 0 saturated heterocycles. The number of aryl methyl sites for hydroxylation is 1. The van der Waals surface area contributed by atoms with Crippen molar-refractivity contribution in [2.24, 2.45) is 0 Å². The molecular formula is C17H16N4O2. The summed E-state index contributed by atoms with van der Waals surface area (Å²) in [5.41, 5.74) is 2.87. The van der Waals surface area contributed by atoms with E-state index in [9.17, 15) is 9.90 Å². The first kappa shape index (κ1) is 14.8. The Morgan fingerprint density at radius 2 is 2.09 bits per heavy atom. The number of benzene rings is 1. The van der Waals surface area contributed by atoms with Crippen molar-refractivity contribution in [1.82, 2.24) is 19.7 Å². The molecule has 23 heavy (non-hydrogen) atoms. The highest BCUT2D eigenvalue weighted by Gasteiger charge is 2.10. The van der Waals surface area contributed by atoms with E-state index in [4.69, 9.17) is 0 Å². The number of aliphatic hydroxyl groups excluding tert-OH is 1. The first-order valence-electron chi connectivity index (χ1n) is 7.14. The van der Waals surface area contributed by atoms with Gasteiger partial charge in [0.15, 0.2) is 11.5 Å². The molecule has 0 bridgehead atoms. The molecule has 2 aromatic heterocycles. The van der Waals surface area contributed by atoms with Gasteiger partial charge in [-0.1, -0.05) is 29.8 Å². The van der Waals surface area contributed by atoms with E-state index in [2.05, 4.69) is 39.4 Å². The van der Waals surface area contributed by atoms with Gasteiger partial charge < -0.3 is 9.67 Å². The maximum atomic E-state index is 12.1. The highest BCUT2D eigenvalue weighted by Crippen LogP contribution is 2.11. The van der Waals surface area contributed by atoms with Crippen molar-refractivity contribution in [3.63, 3.8) is 0 Å². The number of allylic oxidation sites excluding steroid dienone is 1. The molecule has 0 radical (unpaired) electrons. The zero-order valence-corrected chi connectivity index (χ0v) is 12.6. The number of carbonyl (C=O) groups excluding carboxylic acids is 1. The molecule has 6 nitrogen and oxygen atoms in total. The molecular weight excluding hydrogens is 292 g/mol. The fourth-order valence-electron chi connectivity index (χ4n) is 2.19. The number of aliphatic hydroxyl groups is 1. The Hall–Kier alpha value is -3.15. The summed E-state index contributed by atoms with van der Waals surface area (Å²) in [6, 6.07) is 9.96. The van der Waals surface area contributed by atoms with E-state index in [0.717, 1.165) is 11.6 Å². The van der Waals surface area contributed by atoms with Gasteiger partial charge >= 0.3 is 0 Å². The summed E-state index contributed by atoms with van der Waals surface area (Å²) in [5, 5.41) is 16.0. The van der Waals surface area contributed by atoms with Gasteiger partial charge in [-0.3, -0.25) is 9.89 Å². The predicted molar refractivity (Wildman–Crippen MR) is 86.0 cm³/mol. The Kier molecular flexibility index (Phi) is 4.05. The van der Waals surface area contributed by atoms with Gasteiger partial charge in [0.1, 0.15) is 6.33 Å². The summed E-state index contributed by atoms with van der Waals surface area (Å²) in [7, 11) is 0. The molecule has 0 aliphatic rings. The number of aromatic nitrogens is 4. The lowest BCUT2D eigenvalue weighted by atomic mass is 10.1. The molecule has 0 amide bonds. The standard InChI is InChI=1S/C17H16N4O2/c1-12-2-4-13(5-3-12)9-21-7-6-14(10-21)15(22)8-16(23)17-18-11-19-20-17/h2-8,10-11,23H,9H2,1H3,(H,18,19,20). The number of rotatable bonds is 5. The topological polar surface area (TPSA) is 83.8 Å². The van der Waals surface area contributed by atoms with Crippen LogP contribution < -0.4 is 0 Å². The van der Waals surface area contributed by atoms with Gasteiger partial charge in [-0.2, -0.15) is 5.10 Å². The number of nitrogens with zero attached hydrogens (tertiary/aromatic N) is 3. The van der Waals surface area contributed by atoms with E-state index >= 15 is 0 Å². The van der Waals surface area contributed by atoms with Crippen molar-refractivity contribution in [3.8, 4) is 0 Å². The Morgan fingerprint density at radius 1 is 1.30 bits per heavy atom. The Morgan fingerprint density at radius 3 is 2.78 bits per heavy atom. The zero-order chi connectivity index (χ0) is 16.2. The normalized spacial score (nSPS) is 11.6. The number of carbonyl (C=O) groups is 1. The number of hydrogen-bond acceptors (Lipinski definition) is 4. The van der Waals surface area contributed by atoms with Crippen LogP contribution in [0.2, 0.25) is 0 Å². The van der Waals surface area contributed by atoms with Gasteiger partial charge in [0.25, 0.3) is 0 Å². The van der Waals surface area contributed by atoms with Crippen molar-refractivity contribution in [2.45, 2.75) is 13.5 Å². The third-order valence-corrected chi connectivity index (χ3v) is 3.43. The van der Waals surface area contributed by atoms with E-state index in [1.807, 2.05) is 17.7 Å². The molecule has 2 N–H and O–H groups in total. The Bertz CT molecular complexity index is 830. The minimum absolute atomic E-state index is 0.0949. The van der Waals surface area contributed by atoms with Crippen molar-refractivity contribution >= 4 is 11.5 Å². The van der Waals surface area contributed by atoms with Gasteiger partial charge in [0.2, 0.25) is 5.82 Å². The lowest BCUT2D eigenvalue weighted by Gasteiger charge is -2.03. The van der Waals surface area contributed by atoms with Crippen LogP contribution in [0.15, 0.2) is 55.1 Å². The second kappa shape index (κ2) is 6.31. The van der Waals surface area contributed by atoms with Crippen LogP contribution in [-0.2, 0) is 6.54 Å². The molecule has 0 fully saturated rings. The van der Waals surface area contributed by atoms with E-state index in [-0.39, 0.29) is 17.4 Å². The van der Waals surface area contributed by atoms with Crippen LogP contribution in [0.4, 0.5) is 0 Å². The van der Waals surface area contributed by atoms with E-state index < -0.39 is 0 Å². The molecule has 0 aliphatic heterocycles. The highest BCUT2D eigenvalue weighted by atomic mass is 16.3. The molecule has 2 heterocycles. The molecule has 0 aliphatic carbocycles. The average Bonchev–Trinajstić information content (AvgIpc) is 3.21. The maximum absolute atomic E-state index is 12.1. The number of nitrogens with one attached hydrogen (secondary N) is 1. The number of hydrogen-bond donors (Lipinski definition) is 2. The molecule has 3 rings (SSSR count). The number of H-pyrrole nitrogens is 1. The van der Waals surface area contributed by atoms with Crippen LogP contribution in [0.3, 0.4) is 0 Å². The second-order valence-electron chi connectivity index (χ2n) is 5.27. The van der Waals surface area contributed by atoms with Gasteiger partial charge in [0, 0.05) is 30.6 Å². The van der Waals surface area contributed by atoms with Gasteiger partial charge in [-0.15, -0.1) is 0 Å². The van der Waals surface area contributed by atoms with Crippen LogP contribution in [0.5, 0.6) is 0 Å². The van der Waals surface area contributed by atoms with Crippen molar-refractivity contribution in [2.75, 3.05) is 0 Å². The summed E-state index contributed by atoms with van der Waals surface area (Å²) >= 11 is 0. The average molecular weight is 308 g/mol. The molecule has 0 spiro atoms. The van der Waals surface area contributed by atoms with Crippen LogP contribution in [0, 0.1) is 6.92 Å². The fraction of sp³-hybridized carbons (Fsp3) is 0.118. The van der Waals surface area contributed by atoms with Gasteiger partial charge in [-0.05, 0) is 18.6 Å². The first-order valence-corrected chi connectivity index (χ1v) is 7.14. The summed E-state index contributed by atoms with van der Waals surface area (Å²) in [6.45, 7) is 2.73. The lowest BCUT2D eigenvalue weighted by Crippen LogP contribution is -1.99. The summed E-state index contributed by atoms with van der Waals surface area (Å²) in [6.07, 6.45) is 6.05. The van der Waals surface area contributed by atoms with E-state index in [1.54, 1.807) is 12.3 Å². The smallest absolute Gasteiger partial charge is 0.215 e. The first-order chi connectivity index (χ1) is 11.1. The van der Waals surface area contributed by atoms with E-state index in [1.165, 1.54) is 11.9 Å². The zero-order valence-electron chi connectivity index (χ0n) is 12.6. The van der Waals surface area contributed by atoms with Crippen LogP contribution in [0.1, 0.15) is 27.3 Å². The molecule has 0 unspecified atom stereocenters. The quantitative estimate of drug-likeness (QED) is 0.431. The fourth-order valence-corrected chi connectivity index (χ4v) is 2.19. The third kappa shape index (κ3) is 3.55. The van der Waals surface area contributed by atoms with Gasteiger partial charge in [0.05, 0.1) is 0 Å². The minimum atomic E-state index is -0.296. The van der Waals surface area contributed by atoms with E-state index in [0.29, 0.717) is 12.1 Å². The van der Waals surface area contributed by atoms with Crippen molar-refractivity contribution in [1.29, 1.82) is 0 Å². The number of ketones is 1. The largest absolute Gasteiger partial charge is 0.504 e. The molecule has 3 aromatic rings. The summed E-state index contributed by atoms with van der Waals surface area (Å²) < 4.78 is 1.93. The summed E-state index contributed by atoms with van der Waals surface area (Å²) in [4.78, 5) is 15.9. The minimum Gasteiger partial charge on any atom is -0.504 e. The second-order valence-corrected chi connectivity index (χ2v) is 5.27. The molecule has 0 saturated carbocycles. The number of aromatic amines is 1. The van der Waals surface area contributed by atoms with Crippen molar-refractivity contribution in [3.05, 3.63) is 77.6 Å². The molecule has 1 aromatic carbocycles. The predicted octanol–water partition coefficient (Wildman–Crippen LogP) is 2.74. The molecule has 116 valence electrons. The lowest BCUT2D eigenvalue weighted by molar-refractivity contribution is 0.104.